The number of halogens is 1. The Kier molecular flexibility index (Phi) is 7.27. The van der Waals surface area contributed by atoms with Crippen molar-refractivity contribution in [2.75, 3.05) is 13.7 Å². The molecule has 2 aliphatic carbocycles. The summed E-state index contributed by atoms with van der Waals surface area (Å²) >= 11 is 0. The molecule has 4 rings (SSSR count). The van der Waals surface area contributed by atoms with E-state index in [-0.39, 0.29) is 18.3 Å². The number of phosphoric ester groups is 1. The van der Waals surface area contributed by atoms with E-state index in [2.05, 4.69) is 22.7 Å². The van der Waals surface area contributed by atoms with Crippen molar-refractivity contribution in [2.45, 2.75) is 62.8 Å². The third-order valence-corrected chi connectivity index (χ3v) is 7.74. The molecular weight excluding hydrogens is 444 g/mol. The second kappa shape index (κ2) is 9.85. The first-order chi connectivity index (χ1) is 15.6. The molecule has 8 heteroatoms. The van der Waals surface area contributed by atoms with Gasteiger partial charge in [-0.15, -0.1) is 0 Å². The Morgan fingerprint density at radius 2 is 2.00 bits per heavy atom. The molecule has 0 spiro atoms. The van der Waals surface area contributed by atoms with Crippen LogP contribution in [0.2, 0.25) is 0 Å². The third kappa shape index (κ3) is 6.23. The molecule has 33 heavy (non-hydrogen) atoms. The summed E-state index contributed by atoms with van der Waals surface area (Å²) in [5.74, 6) is 1.32. The number of hydrogen-bond donors (Lipinski definition) is 3. The molecule has 0 aliphatic heterocycles. The van der Waals surface area contributed by atoms with Gasteiger partial charge in [0.15, 0.2) is 0 Å². The third-order valence-electron chi connectivity index (χ3n) is 7.27. The average Bonchev–Trinajstić information content (AvgIpc) is 3.19. The van der Waals surface area contributed by atoms with E-state index in [9.17, 15) is 8.96 Å². The van der Waals surface area contributed by atoms with Crippen LogP contribution in [0.4, 0.5) is 4.39 Å². The lowest BCUT2D eigenvalue weighted by atomic mass is 9.79. The van der Waals surface area contributed by atoms with Gasteiger partial charge in [-0.25, -0.2) is 8.96 Å². The van der Waals surface area contributed by atoms with Crippen LogP contribution < -0.4 is 10.5 Å². The summed E-state index contributed by atoms with van der Waals surface area (Å²) in [7, 11) is -2.92. The van der Waals surface area contributed by atoms with Crippen molar-refractivity contribution in [3.8, 4) is 5.75 Å². The van der Waals surface area contributed by atoms with Crippen molar-refractivity contribution in [3.05, 3.63) is 64.5 Å². The Labute approximate surface area is 194 Å². The number of ether oxygens (including phenoxy) is 1. The van der Waals surface area contributed by atoms with E-state index in [1.165, 1.54) is 22.8 Å². The standard InChI is InChI=1S/C25H33FNO5P/c1-31-23-8-9-24(26)21(14-23)5-3-17-2-4-19-13-20(7-6-18(19)12-17)22-10-11-25(27,15-22)16-32-33(28,29)30/h6-9,13-14,17,22H,2-5,10-12,15-16,27H2,1H3,(H2,28,29,30)/t17-,22-,25+/m0/s1. The first-order valence-corrected chi connectivity index (χ1v) is 13.1. The van der Waals surface area contributed by atoms with Crippen LogP contribution in [-0.4, -0.2) is 29.0 Å². The van der Waals surface area contributed by atoms with E-state index in [4.69, 9.17) is 20.3 Å². The van der Waals surface area contributed by atoms with E-state index in [0.717, 1.165) is 32.1 Å². The van der Waals surface area contributed by atoms with Crippen LogP contribution in [0, 0.1) is 11.7 Å². The van der Waals surface area contributed by atoms with E-state index < -0.39 is 13.4 Å². The summed E-state index contributed by atoms with van der Waals surface area (Å²) in [5.41, 5.74) is 10.3. The van der Waals surface area contributed by atoms with Crippen molar-refractivity contribution in [3.63, 3.8) is 0 Å². The van der Waals surface area contributed by atoms with Crippen LogP contribution in [-0.2, 0) is 28.4 Å². The molecule has 4 N–H and O–H groups in total. The van der Waals surface area contributed by atoms with Crippen LogP contribution in [0.25, 0.3) is 0 Å². The van der Waals surface area contributed by atoms with E-state index in [0.29, 0.717) is 36.5 Å². The summed E-state index contributed by atoms with van der Waals surface area (Å²) in [5, 5.41) is 0. The molecule has 1 saturated carbocycles. The van der Waals surface area contributed by atoms with Gasteiger partial charge in [0.1, 0.15) is 11.6 Å². The highest BCUT2D eigenvalue weighted by Crippen LogP contribution is 2.44. The molecule has 0 bridgehead atoms. The van der Waals surface area contributed by atoms with Crippen LogP contribution >= 0.6 is 7.82 Å². The molecule has 0 radical (unpaired) electrons. The van der Waals surface area contributed by atoms with Crippen LogP contribution in [0.15, 0.2) is 36.4 Å². The summed E-state index contributed by atoms with van der Waals surface area (Å²) in [6.07, 6.45) is 6.97. The number of nitrogens with two attached hydrogens (primary N) is 1. The molecule has 2 aliphatic rings. The van der Waals surface area contributed by atoms with Gasteiger partial charge in [-0.3, -0.25) is 4.52 Å². The molecule has 6 nitrogen and oxygen atoms in total. The predicted molar refractivity (Wildman–Crippen MR) is 125 cm³/mol. The fourth-order valence-corrected chi connectivity index (χ4v) is 5.79. The fourth-order valence-electron chi connectivity index (χ4n) is 5.36. The number of methoxy groups -OCH3 is 1. The zero-order valence-corrected chi connectivity index (χ0v) is 19.9. The summed E-state index contributed by atoms with van der Waals surface area (Å²) in [6.45, 7) is -0.131. The van der Waals surface area contributed by atoms with Crippen LogP contribution in [0.1, 0.15) is 60.3 Å². The predicted octanol–water partition coefficient (Wildman–Crippen LogP) is 4.65. The maximum absolute atomic E-state index is 14.1. The fraction of sp³-hybridized carbons (Fsp3) is 0.520. The first-order valence-electron chi connectivity index (χ1n) is 11.6. The minimum Gasteiger partial charge on any atom is -0.497 e. The SMILES string of the molecule is COc1ccc(F)c(CC[C@@H]2CCc3cc([C@H]4CC[C@](N)(COP(=O)(O)O)C4)ccc3C2)c1. The van der Waals surface area contributed by atoms with Gasteiger partial charge in [0.25, 0.3) is 0 Å². The summed E-state index contributed by atoms with van der Waals surface area (Å²) in [4.78, 5) is 18.0. The number of rotatable bonds is 8. The van der Waals surface area contributed by atoms with Crippen molar-refractivity contribution in [2.24, 2.45) is 11.7 Å². The Balaban J connectivity index is 1.35. The van der Waals surface area contributed by atoms with Crippen LogP contribution in [0.5, 0.6) is 5.75 Å². The van der Waals surface area contributed by atoms with E-state index in [1.54, 1.807) is 19.2 Å². The second-order valence-corrected chi connectivity index (χ2v) is 10.9. The van der Waals surface area contributed by atoms with Gasteiger partial charge in [0.05, 0.1) is 13.7 Å². The Bertz CT molecular complexity index is 1040. The molecule has 180 valence electrons. The monoisotopic (exact) mass is 477 g/mol. The van der Waals surface area contributed by atoms with Gasteiger partial charge < -0.3 is 20.3 Å². The number of aryl methyl sites for hydroxylation is 2. The Hall–Kier alpha value is -1.76. The van der Waals surface area contributed by atoms with Crippen molar-refractivity contribution in [1.29, 1.82) is 0 Å². The largest absolute Gasteiger partial charge is 0.497 e. The topological polar surface area (TPSA) is 102 Å². The number of hydrogen-bond acceptors (Lipinski definition) is 4. The number of phosphoric acid groups is 1. The van der Waals surface area contributed by atoms with Crippen molar-refractivity contribution >= 4 is 7.82 Å². The lowest BCUT2D eigenvalue weighted by Gasteiger charge is -2.27. The highest BCUT2D eigenvalue weighted by molar-refractivity contribution is 7.46. The normalized spacial score (nSPS) is 25.1. The molecule has 3 atom stereocenters. The Morgan fingerprint density at radius 3 is 2.76 bits per heavy atom. The average molecular weight is 478 g/mol. The quantitative estimate of drug-likeness (QED) is 0.479. The molecule has 1 fully saturated rings. The molecule has 0 saturated heterocycles. The number of benzene rings is 2. The van der Waals surface area contributed by atoms with Crippen molar-refractivity contribution in [1.82, 2.24) is 0 Å². The maximum Gasteiger partial charge on any atom is 0.469 e. The minimum absolute atomic E-state index is 0.131. The summed E-state index contributed by atoms with van der Waals surface area (Å²) in [6, 6.07) is 11.6. The molecule has 0 aromatic heterocycles. The molecule has 0 heterocycles. The lowest BCUT2D eigenvalue weighted by molar-refractivity contribution is 0.153. The van der Waals surface area contributed by atoms with E-state index >= 15 is 0 Å². The molecule has 2 aromatic carbocycles. The van der Waals surface area contributed by atoms with Gasteiger partial charge in [-0.1, -0.05) is 18.2 Å². The highest BCUT2D eigenvalue weighted by Gasteiger charge is 2.38. The molecule has 0 unspecified atom stereocenters. The highest BCUT2D eigenvalue weighted by atomic mass is 31.2. The van der Waals surface area contributed by atoms with Crippen LogP contribution in [0.3, 0.4) is 0 Å². The maximum atomic E-state index is 14.1. The van der Waals surface area contributed by atoms with Gasteiger partial charge >= 0.3 is 7.82 Å². The van der Waals surface area contributed by atoms with Gasteiger partial charge in [0.2, 0.25) is 0 Å². The smallest absolute Gasteiger partial charge is 0.469 e. The van der Waals surface area contributed by atoms with Gasteiger partial charge in [-0.05, 0) is 104 Å². The lowest BCUT2D eigenvalue weighted by Crippen LogP contribution is -2.41. The zero-order chi connectivity index (χ0) is 23.6. The molecule has 0 amide bonds. The summed E-state index contributed by atoms with van der Waals surface area (Å²) < 4.78 is 35.1. The van der Waals surface area contributed by atoms with E-state index in [1.807, 2.05) is 0 Å². The van der Waals surface area contributed by atoms with Gasteiger partial charge in [-0.2, -0.15) is 0 Å². The Morgan fingerprint density at radius 1 is 1.18 bits per heavy atom. The minimum atomic E-state index is -4.51. The first kappa shape index (κ1) is 24.4. The zero-order valence-electron chi connectivity index (χ0n) is 19.0. The van der Waals surface area contributed by atoms with Crippen molar-refractivity contribution < 1.29 is 28.0 Å². The second-order valence-electron chi connectivity index (χ2n) is 9.70. The number of fused-ring (bicyclic) bond motifs is 1. The molecule has 2 aromatic rings. The van der Waals surface area contributed by atoms with Gasteiger partial charge in [0, 0.05) is 5.54 Å². The molecular formula is C25H33FNO5P.